The Kier molecular flexibility index (Phi) is 4.13. The van der Waals surface area contributed by atoms with Crippen LogP contribution in [0, 0.1) is 5.82 Å². The molecule has 0 radical (unpaired) electrons. The first-order chi connectivity index (χ1) is 8.15. The lowest BCUT2D eigenvalue weighted by atomic mass is 10.0. The molecule has 1 aliphatic rings. The molecule has 1 fully saturated rings. The van der Waals surface area contributed by atoms with Crippen LogP contribution in [-0.4, -0.2) is 36.6 Å². The maximum absolute atomic E-state index is 12.8. The van der Waals surface area contributed by atoms with Gasteiger partial charge in [-0.2, -0.15) is 0 Å². The van der Waals surface area contributed by atoms with E-state index >= 15 is 0 Å². The largest absolute Gasteiger partial charge is 0.311 e. The highest BCUT2D eigenvalue weighted by Crippen LogP contribution is 2.10. The molecule has 0 spiro atoms. The fourth-order valence-electron chi connectivity index (χ4n) is 2.36. The van der Waals surface area contributed by atoms with Crippen LogP contribution < -0.4 is 5.32 Å². The van der Waals surface area contributed by atoms with Crippen LogP contribution >= 0.6 is 0 Å². The van der Waals surface area contributed by atoms with Crippen molar-refractivity contribution in [1.29, 1.82) is 0 Å². The van der Waals surface area contributed by atoms with Crippen molar-refractivity contribution >= 4 is 0 Å². The van der Waals surface area contributed by atoms with E-state index in [-0.39, 0.29) is 5.82 Å². The molecule has 1 aliphatic heterocycles. The highest BCUT2D eigenvalue weighted by Gasteiger charge is 2.20. The zero-order chi connectivity index (χ0) is 12.3. The number of nitrogens with zero attached hydrogens (tertiary/aromatic N) is 1. The first-order valence-electron chi connectivity index (χ1n) is 6.37. The van der Waals surface area contributed by atoms with Crippen LogP contribution in [0.15, 0.2) is 24.3 Å². The number of rotatable bonds is 3. The highest BCUT2D eigenvalue weighted by molar-refractivity contribution is 5.17. The van der Waals surface area contributed by atoms with Crippen molar-refractivity contribution < 1.29 is 4.39 Å². The van der Waals surface area contributed by atoms with Gasteiger partial charge in [-0.25, -0.2) is 4.39 Å². The minimum Gasteiger partial charge on any atom is -0.311 e. The predicted octanol–water partition coefficient (Wildman–Crippen LogP) is 2.05. The van der Waals surface area contributed by atoms with E-state index in [1.54, 1.807) is 12.1 Å². The Morgan fingerprint density at radius 1 is 1.35 bits per heavy atom. The molecule has 0 aliphatic carbocycles. The second-order valence-corrected chi connectivity index (χ2v) is 5.07. The zero-order valence-corrected chi connectivity index (χ0v) is 10.6. The molecule has 2 nitrogen and oxygen atoms in total. The topological polar surface area (TPSA) is 15.3 Å². The molecule has 17 heavy (non-hydrogen) atoms. The number of benzene rings is 1. The molecule has 1 unspecified atom stereocenters. The zero-order valence-electron chi connectivity index (χ0n) is 10.6. The SMILES string of the molecule is CC(C)N1CCNC(Cc2ccc(F)cc2)C1. The summed E-state index contributed by atoms with van der Waals surface area (Å²) in [6, 6.07) is 7.93. The van der Waals surface area contributed by atoms with E-state index in [2.05, 4.69) is 24.1 Å². The van der Waals surface area contributed by atoms with Crippen molar-refractivity contribution in [3.8, 4) is 0 Å². The van der Waals surface area contributed by atoms with Gasteiger partial charge in [-0.1, -0.05) is 12.1 Å². The summed E-state index contributed by atoms with van der Waals surface area (Å²) in [7, 11) is 0. The molecular formula is C14H21FN2. The van der Waals surface area contributed by atoms with Crippen LogP contribution in [0.5, 0.6) is 0 Å². The van der Waals surface area contributed by atoms with Crippen LogP contribution in [-0.2, 0) is 6.42 Å². The van der Waals surface area contributed by atoms with E-state index in [1.807, 2.05) is 12.1 Å². The van der Waals surface area contributed by atoms with Gasteiger partial charge in [-0.15, -0.1) is 0 Å². The van der Waals surface area contributed by atoms with E-state index < -0.39 is 0 Å². The van der Waals surface area contributed by atoms with Crippen molar-refractivity contribution in [2.45, 2.75) is 32.4 Å². The van der Waals surface area contributed by atoms with Crippen molar-refractivity contribution in [2.24, 2.45) is 0 Å². The Morgan fingerprint density at radius 3 is 2.71 bits per heavy atom. The van der Waals surface area contributed by atoms with E-state index in [9.17, 15) is 4.39 Å². The molecule has 0 bridgehead atoms. The summed E-state index contributed by atoms with van der Waals surface area (Å²) in [5.74, 6) is -0.158. The van der Waals surface area contributed by atoms with Gasteiger partial charge >= 0.3 is 0 Å². The molecule has 1 aromatic carbocycles. The molecule has 0 saturated carbocycles. The van der Waals surface area contributed by atoms with Gasteiger partial charge in [0.25, 0.3) is 0 Å². The van der Waals surface area contributed by atoms with Crippen LogP contribution in [0.2, 0.25) is 0 Å². The van der Waals surface area contributed by atoms with Gasteiger partial charge in [0, 0.05) is 31.7 Å². The first-order valence-corrected chi connectivity index (χ1v) is 6.37. The molecular weight excluding hydrogens is 215 g/mol. The fraction of sp³-hybridized carbons (Fsp3) is 0.571. The van der Waals surface area contributed by atoms with Crippen LogP contribution in [0.1, 0.15) is 19.4 Å². The Bertz CT molecular complexity index is 348. The molecule has 1 N–H and O–H groups in total. The summed E-state index contributed by atoms with van der Waals surface area (Å²) in [6.07, 6.45) is 0.976. The number of halogens is 1. The summed E-state index contributed by atoms with van der Waals surface area (Å²) in [4.78, 5) is 2.49. The van der Waals surface area contributed by atoms with Gasteiger partial charge < -0.3 is 5.32 Å². The minimum atomic E-state index is -0.158. The van der Waals surface area contributed by atoms with Crippen LogP contribution in [0.4, 0.5) is 4.39 Å². The number of piperazine rings is 1. The lowest BCUT2D eigenvalue weighted by Crippen LogP contribution is -2.53. The molecule has 0 aromatic heterocycles. The van der Waals surface area contributed by atoms with Gasteiger partial charge in [-0.05, 0) is 38.0 Å². The third-order valence-electron chi connectivity index (χ3n) is 3.41. The average Bonchev–Trinajstić information content (AvgIpc) is 2.32. The maximum Gasteiger partial charge on any atom is 0.123 e. The van der Waals surface area contributed by atoms with Crippen molar-refractivity contribution in [3.63, 3.8) is 0 Å². The standard InChI is InChI=1S/C14H21FN2/c1-11(2)17-8-7-16-14(10-17)9-12-3-5-13(15)6-4-12/h3-6,11,14,16H,7-10H2,1-2H3. The Balaban J connectivity index is 1.92. The Morgan fingerprint density at radius 2 is 2.06 bits per heavy atom. The van der Waals surface area contributed by atoms with Gasteiger partial charge in [0.1, 0.15) is 5.82 Å². The number of hydrogen-bond donors (Lipinski definition) is 1. The molecule has 3 heteroatoms. The summed E-state index contributed by atoms with van der Waals surface area (Å²) in [5, 5.41) is 3.53. The van der Waals surface area contributed by atoms with Crippen LogP contribution in [0.25, 0.3) is 0 Å². The maximum atomic E-state index is 12.8. The molecule has 94 valence electrons. The summed E-state index contributed by atoms with van der Waals surface area (Å²) in [5.41, 5.74) is 1.20. The Hall–Kier alpha value is -0.930. The van der Waals surface area contributed by atoms with Gasteiger partial charge in [-0.3, -0.25) is 4.90 Å². The smallest absolute Gasteiger partial charge is 0.123 e. The van der Waals surface area contributed by atoms with E-state index in [0.717, 1.165) is 26.1 Å². The molecule has 1 heterocycles. The molecule has 1 saturated heterocycles. The Labute approximate surface area is 103 Å². The predicted molar refractivity (Wildman–Crippen MR) is 68.6 cm³/mol. The number of nitrogens with one attached hydrogen (secondary N) is 1. The lowest BCUT2D eigenvalue weighted by molar-refractivity contribution is 0.161. The molecule has 1 aromatic rings. The summed E-state index contributed by atoms with van der Waals surface area (Å²) >= 11 is 0. The van der Waals surface area contributed by atoms with E-state index in [0.29, 0.717) is 12.1 Å². The molecule has 1 atom stereocenters. The fourth-order valence-corrected chi connectivity index (χ4v) is 2.36. The minimum absolute atomic E-state index is 0.158. The van der Waals surface area contributed by atoms with Crippen molar-refractivity contribution in [3.05, 3.63) is 35.6 Å². The van der Waals surface area contributed by atoms with E-state index in [4.69, 9.17) is 0 Å². The third kappa shape index (κ3) is 3.51. The average molecular weight is 236 g/mol. The van der Waals surface area contributed by atoms with Gasteiger partial charge in [0.15, 0.2) is 0 Å². The normalized spacial score (nSPS) is 22.0. The second-order valence-electron chi connectivity index (χ2n) is 5.07. The van der Waals surface area contributed by atoms with Crippen molar-refractivity contribution in [2.75, 3.05) is 19.6 Å². The molecule has 0 amide bonds. The van der Waals surface area contributed by atoms with E-state index in [1.165, 1.54) is 5.56 Å². The quantitative estimate of drug-likeness (QED) is 0.864. The second kappa shape index (κ2) is 5.61. The number of hydrogen-bond acceptors (Lipinski definition) is 2. The molecule has 2 rings (SSSR count). The van der Waals surface area contributed by atoms with Crippen molar-refractivity contribution in [1.82, 2.24) is 10.2 Å². The first kappa shape index (κ1) is 12.5. The third-order valence-corrected chi connectivity index (χ3v) is 3.41. The van der Waals surface area contributed by atoms with Crippen LogP contribution in [0.3, 0.4) is 0 Å². The highest BCUT2D eigenvalue weighted by atomic mass is 19.1. The monoisotopic (exact) mass is 236 g/mol. The summed E-state index contributed by atoms with van der Waals surface area (Å²) in [6.45, 7) is 7.72. The summed E-state index contributed by atoms with van der Waals surface area (Å²) < 4.78 is 12.8. The van der Waals surface area contributed by atoms with Gasteiger partial charge in [0.2, 0.25) is 0 Å². The van der Waals surface area contributed by atoms with Gasteiger partial charge in [0.05, 0.1) is 0 Å². The lowest BCUT2D eigenvalue weighted by Gasteiger charge is -2.36.